The second-order valence-corrected chi connectivity index (χ2v) is 15.3. The molecule has 0 aliphatic heterocycles. The SMILES string of the molecule is CC/C=C\C/C=C\CCCCC(=O)OC(COC(=O)CCCCCCCCCCC)COC(=O)CCCCCCCCCCCC/C=C\C=C/CCCCC. The molecule has 55 heavy (non-hydrogen) atoms. The Labute approximate surface area is 339 Å². The average molecular weight is 771 g/mol. The lowest BCUT2D eigenvalue weighted by Crippen LogP contribution is -2.30. The van der Waals surface area contributed by atoms with Crippen molar-refractivity contribution in [3.8, 4) is 0 Å². The molecule has 0 rings (SSSR count). The van der Waals surface area contributed by atoms with Crippen molar-refractivity contribution in [2.45, 2.75) is 232 Å². The molecule has 0 saturated carbocycles. The lowest BCUT2D eigenvalue weighted by Gasteiger charge is -2.18. The van der Waals surface area contributed by atoms with Gasteiger partial charge in [-0.25, -0.2) is 0 Å². The molecule has 0 heterocycles. The molecule has 0 radical (unpaired) electrons. The molecular weight excluding hydrogens is 685 g/mol. The summed E-state index contributed by atoms with van der Waals surface area (Å²) in [6, 6.07) is 0. The van der Waals surface area contributed by atoms with Gasteiger partial charge in [0.15, 0.2) is 6.10 Å². The highest BCUT2D eigenvalue weighted by Crippen LogP contribution is 2.14. The summed E-state index contributed by atoms with van der Waals surface area (Å²) in [5.74, 6) is -0.930. The van der Waals surface area contributed by atoms with Crippen LogP contribution in [0.4, 0.5) is 0 Å². The van der Waals surface area contributed by atoms with Crippen molar-refractivity contribution < 1.29 is 28.6 Å². The van der Waals surface area contributed by atoms with E-state index in [1.54, 1.807) is 0 Å². The first-order chi connectivity index (χ1) is 27.0. The third kappa shape index (κ3) is 42.4. The molecule has 0 aliphatic rings. The van der Waals surface area contributed by atoms with Crippen LogP contribution in [0, 0.1) is 0 Å². The van der Waals surface area contributed by atoms with E-state index in [-0.39, 0.29) is 37.5 Å². The van der Waals surface area contributed by atoms with Gasteiger partial charge in [-0.15, -0.1) is 0 Å². The summed E-state index contributed by atoms with van der Waals surface area (Å²) in [6.07, 6.45) is 51.1. The van der Waals surface area contributed by atoms with Crippen molar-refractivity contribution in [1.29, 1.82) is 0 Å². The largest absolute Gasteiger partial charge is 0.462 e. The molecule has 0 amide bonds. The van der Waals surface area contributed by atoms with E-state index >= 15 is 0 Å². The maximum absolute atomic E-state index is 12.6. The Balaban J connectivity index is 4.26. The van der Waals surface area contributed by atoms with Gasteiger partial charge in [0.25, 0.3) is 0 Å². The number of carbonyl (C=O) groups is 3. The summed E-state index contributed by atoms with van der Waals surface area (Å²) < 4.78 is 16.6. The van der Waals surface area contributed by atoms with E-state index in [0.717, 1.165) is 64.2 Å². The van der Waals surface area contributed by atoms with Gasteiger partial charge in [0.2, 0.25) is 0 Å². The molecule has 0 aromatic rings. The summed E-state index contributed by atoms with van der Waals surface area (Å²) in [5, 5.41) is 0. The molecule has 0 N–H and O–H groups in total. The summed E-state index contributed by atoms with van der Waals surface area (Å²) in [5.41, 5.74) is 0. The van der Waals surface area contributed by atoms with E-state index in [2.05, 4.69) is 69.4 Å². The summed E-state index contributed by atoms with van der Waals surface area (Å²) in [7, 11) is 0. The maximum Gasteiger partial charge on any atom is 0.306 e. The van der Waals surface area contributed by atoms with Gasteiger partial charge in [0, 0.05) is 19.3 Å². The molecule has 1 unspecified atom stereocenters. The summed E-state index contributed by atoms with van der Waals surface area (Å²) in [6.45, 7) is 6.43. The van der Waals surface area contributed by atoms with Crippen LogP contribution in [0.1, 0.15) is 226 Å². The zero-order valence-electron chi connectivity index (χ0n) is 36.2. The van der Waals surface area contributed by atoms with E-state index in [0.29, 0.717) is 19.3 Å². The zero-order valence-corrected chi connectivity index (χ0v) is 36.2. The Kier molecular flexibility index (Phi) is 42.0. The fourth-order valence-corrected chi connectivity index (χ4v) is 6.35. The number of rotatable bonds is 41. The molecule has 0 aliphatic carbocycles. The van der Waals surface area contributed by atoms with Crippen LogP contribution in [0.25, 0.3) is 0 Å². The monoisotopic (exact) mass is 771 g/mol. The van der Waals surface area contributed by atoms with Crippen molar-refractivity contribution in [3.05, 3.63) is 48.6 Å². The first-order valence-electron chi connectivity index (χ1n) is 23.2. The van der Waals surface area contributed by atoms with Crippen LogP contribution in [0.15, 0.2) is 48.6 Å². The lowest BCUT2D eigenvalue weighted by molar-refractivity contribution is -0.167. The number of esters is 3. The third-order valence-electron chi connectivity index (χ3n) is 9.85. The molecule has 318 valence electrons. The Morgan fingerprint density at radius 1 is 0.400 bits per heavy atom. The highest BCUT2D eigenvalue weighted by Gasteiger charge is 2.19. The van der Waals surface area contributed by atoms with Crippen LogP contribution < -0.4 is 0 Å². The molecule has 0 aromatic heterocycles. The molecule has 0 fully saturated rings. The molecule has 0 aromatic carbocycles. The Morgan fingerprint density at radius 2 is 0.764 bits per heavy atom. The van der Waals surface area contributed by atoms with E-state index in [9.17, 15) is 14.4 Å². The van der Waals surface area contributed by atoms with Crippen LogP contribution in [0.3, 0.4) is 0 Å². The van der Waals surface area contributed by atoms with E-state index < -0.39 is 6.10 Å². The second-order valence-electron chi connectivity index (χ2n) is 15.3. The van der Waals surface area contributed by atoms with Crippen LogP contribution in [0.2, 0.25) is 0 Å². The number of hydrogen-bond acceptors (Lipinski definition) is 6. The highest BCUT2D eigenvalue weighted by molar-refractivity contribution is 5.71. The third-order valence-corrected chi connectivity index (χ3v) is 9.85. The Morgan fingerprint density at radius 3 is 1.27 bits per heavy atom. The van der Waals surface area contributed by atoms with Crippen molar-refractivity contribution >= 4 is 17.9 Å². The van der Waals surface area contributed by atoms with Gasteiger partial charge in [-0.05, 0) is 70.6 Å². The van der Waals surface area contributed by atoms with E-state index in [1.165, 1.54) is 116 Å². The van der Waals surface area contributed by atoms with Gasteiger partial charge in [0.05, 0.1) is 0 Å². The maximum atomic E-state index is 12.6. The van der Waals surface area contributed by atoms with Gasteiger partial charge in [-0.3, -0.25) is 14.4 Å². The second kappa shape index (κ2) is 44.1. The predicted molar refractivity (Wildman–Crippen MR) is 233 cm³/mol. The van der Waals surface area contributed by atoms with Crippen LogP contribution >= 0.6 is 0 Å². The van der Waals surface area contributed by atoms with Crippen molar-refractivity contribution in [1.82, 2.24) is 0 Å². The van der Waals surface area contributed by atoms with Crippen LogP contribution in [0.5, 0.6) is 0 Å². The average Bonchev–Trinajstić information content (AvgIpc) is 3.18. The molecule has 0 saturated heterocycles. The topological polar surface area (TPSA) is 78.9 Å². The molecule has 6 heteroatoms. The number of hydrogen-bond donors (Lipinski definition) is 0. The Bertz CT molecular complexity index is 980. The molecule has 0 bridgehead atoms. The number of allylic oxidation sites excluding steroid dienone is 8. The van der Waals surface area contributed by atoms with Crippen molar-refractivity contribution in [2.75, 3.05) is 13.2 Å². The highest BCUT2D eigenvalue weighted by atomic mass is 16.6. The minimum Gasteiger partial charge on any atom is -0.462 e. The standard InChI is InChI=1S/C49H86O6/c1-4-7-10-13-16-19-20-21-22-23-24-25-26-27-28-31-33-36-39-42-48(51)54-45-46(55-49(52)43-40-37-34-30-18-15-12-9-6-3)44-53-47(50)41-38-35-32-29-17-14-11-8-5-2/h9,12,16,18-21,30,46H,4-8,10-11,13-15,17,22-29,31-45H2,1-3H3/b12-9-,19-16-,21-20-,30-18-. The predicted octanol–water partition coefficient (Wildman–Crippen LogP) is 14.8. The van der Waals surface area contributed by atoms with Gasteiger partial charge in [-0.1, -0.05) is 185 Å². The molecular formula is C49H86O6. The lowest BCUT2D eigenvalue weighted by atomic mass is 10.1. The molecule has 1 atom stereocenters. The van der Waals surface area contributed by atoms with Crippen molar-refractivity contribution in [2.24, 2.45) is 0 Å². The number of carbonyl (C=O) groups excluding carboxylic acids is 3. The van der Waals surface area contributed by atoms with Crippen LogP contribution in [-0.4, -0.2) is 37.2 Å². The first kappa shape index (κ1) is 52.4. The minimum atomic E-state index is -0.785. The molecule has 0 spiro atoms. The fourth-order valence-electron chi connectivity index (χ4n) is 6.35. The smallest absolute Gasteiger partial charge is 0.306 e. The number of unbranched alkanes of at least 4 members (excludes halogenated alkanes) is 23. The van der Waals surface area contributed by atoms with Gasteiger partial charge in [-0.2, -0.15) is 0 Å². The van der Waals surface area contributed by atoms with Gasteiger partial charge >= 0.3 is 17.9 Å². The summed E-state index contributed by atoms with van der Waals surface area (Å²) in [4.78, 5) is 37.6. The first-order valence-corrected chi connectivity index (χ1v) is 23.2. The number of ether oxygens (including phenoxy) is 3. The fraction of sp³-hybridized carbons (Fsp3) is 0.776. The van der Waals surface area contributed by atoms with E-state index in [1.807, 2.05) is 0 Å². The summed E-state index contributed by atoms with van der Waals surface area (Å²) >= 11 is 0. The van der Waals surface area contributed by atoms with Crippen LogP contribution in [-0.2, 0) is 28.6 Å². The normalized spacial score (nSPS) is 12.4. The van der Waals surface area contributed by atoms with Gasteiger partial charge < -0.3 is 14.2 Å². The van der Waals surface area contributed by atoms with Gasteiger partial charge in [0.1, 0.15) is 13.2 Å². The van der Waals surface area contributed by atoms with E-state index in [4.69, 9.17) is 14.2 Å². The molecule has 6 nitrogen and oxygen atoms in total. The van der Waals surface area contributed by atoms with Crippen molar-refractivity contribution in [3.63, 3.8) is 0 Å². The minimum absolute atomic E-state index is 0.0861. The Hall–Kier alpha value is -2.63. The zero-order chi connectivity index (χ0) is 40.1. The quantitative estimate of drug-likeness (QED) is 0.0202.